The predicted octanol–water partition coefficient (Wildman–Crippen LogP) is 2.53. The van der Waals surface area contributed by atoms with E-state index in [-0.39, 0.29) is 23.3 Å². The minimum Gasteiger partial charge on any atom is -0.476 e. The first-order valence-corrected chi connectivity index (χ1v) is 7.55. The Balaban J connectivity index is 1.91. The largest absolute Gasteiger partial charge is 0.476 e. The molecule has 1 heterocycles. The molecule has 1 fully saturated rings. The summed E-state index contributed by atoms with van der Waals surface area (Å²) < 4.78 is 0. The first-order chi connectivity index (χ1) is 9.39. The molecule has 0 radical (unpaired) electrons. The molecular formula is C13H19N3O3S. The highest BCUT2D eigenvalue weighted by Crippen LogP contribution is 2.28. The lowest BCUT2D eigenvalue weighted by Crippen LogP contribution is -2.49. The number of hydrogen-bond acceptors (Lipinski definition) is 4. The first-order valence-electron chi connectivity index (χ1n) is 6.67. The summed E-state index contributed by atoms with van der Waals surface area (Å²) in [7, 11) is 0. The van der Waals surface area contributed by atoms with E-state index in [2.05, 4.69) is 22.5 Å². The first kappa shape index (κ1) is 14.8. The Kier molecular flexibility index (Phi) is 4.27. The van der Waals surface area contributed by atoms with Crippen LogP contribution < -0.4 is 10.6 Å². The molecule has 20 heavy (non-hydrogen) atoms. The SMILES string of the molecule is CC(NC(=O)NC1(C)CCCC1)c1nc(C(=O)O)cs1. The van der Waals surface area contributed by atoms with Crippen LogP contribution in [0.25, 0.3) is 0 Å². The van der Waals surface area contributed by atoms with Gasteiger partial charge in [-0.2, -0.15) is 0 Å². The fourth-order valence-electron chi connectivity index (χ4n) is 2.43. The van der Waals surface area contributed by atoms with E-state index >= 15 is 0 Å². The molecule has 0 bridgehead atoms. The summed E-state index contributed by atoms with van der Waals surface area (Å²) in [5.74, 6) is -1.05. The van der Waals surface area contributed by atoms with Gasteiger partial charge in [-0.15, -0.1) is 11.3 Å². The van der Waals surface area contributed by atoms with Crippen LogP contribution in [0.3, 0.4) is 0 Å². The number of thiazole rings is 1. The number of amides is 2. The van der Waals surface area contributed by atoms with E-state index in [1.165, 1.54) is 16.7 Å². The Labute approximate surface area is 121 Å². The van der Waals surface area contributed by atoms with E-state index in [0.29, 0.717) is 5.01 Å². The number of carbonyl (C=O) groups is 2. The van der Waals surface area contributed by atoms with E-state index in [1.807, 2.05) is 0 Å². The van der Waals surface area contributed by atoms with Gasteiger partial charge in [-0.1, -0.05) is 12.8 Å². The molecule has 0 saturated heterocycles. The monoisotopic (exact) mass is 297 g/mol. The molecule has 1 unspecified atom stereocenters. The van der Waals surface area contributed by atoms with Gasteiger partial charge in [0.25, 0.3) is 0 Å². The van der Waals surface area contributed by atoms with Crippen molar-refractivity contribution >= 4 is 23.3 Å². The summed E-state index contributed by atoms with van der Waals surface area (Å²) in [6, 6.07) is -0.535. The standard InChI is InChI=1S/C13H19N3O3S/c1-8(10-15-9(7-20-10)11(17)18)14-12(19)16-13(2)5-3-4-6-13/h7-8H,3-6H2,1-2H3,(H,17,18)(H2,14,16,19). The molecule has 2 rings (SSSR count). The minimum absolute atomic E-state index is 0.0156. The van der Waals surface area contributed by atoms with Gasteiger partial charge in [0.05, 0.1) is 6.04 Å². The highest BCUT2D eigenvalue weighted by molar-refractivity contribution is 7.09. The van der Waals surface area contributed by atoms with E-state index in [0.717, 1.165) is 25.7 Å². The van der Waals surface area contributed by atoms with Crippen LogP contribution >= 0.6 is 11.3 Å². The molecule has 3 N–H and O–H groups in total. The number of hydrogen-bond donors (Lipinski definition) is 3. The summed E-state index contributed by atoms with van der Waals surface area (Å²) in [4.78, 5) is 26.7. The zero-order chi connectivity index (χ0) is 14.8. The van der Waals surface area contributed by atoms with E-state index < -0.39 is 5.97 Å². The zero-order valence-corrected chi connectivity index (χ0v) is 12.4. The van der Waals surface area contributed by atoms with Crippen molar-refractivity contribution in [2.45, 2.75) is 51.1 Å². The molecule has 0 aliphatic heterocycles. The second-order valence-corrected chi connectivity index (χ2v) is 6.35. The molecule has 2 amide bonds. The maximum atomic E-state index is 12.0. The average molecular weight is 297 g/mol. The number of nitrogens with one attached hydrogen (secondary N) is 2. The van der Waals surface area contributed by atoms with Crippen molar-refractivity contribution in [3.8, 4) is 0 Å². The average Bonchev–Trinajstić information content (AvgIpc) is 2.97. The van der Waals surface area contributed by atoms with Crippen molar-refractivity contribution in [1.29, 1.82) is 0 Å². The minimum atomic E-state index is -1.05. The molecule has 1 saturated carbocycles. The number of urea groups is 1. The second-order valence-electron chi connectivity index (χ2n) is 5.46. The number of rotatable bonds is 4. The highest BCUT2D eigenvalue weighted by Gasteiger charge is 2.30. The lowest BCUT2D eigenvalue weighted by molar-refractivity contribution is 0.0691. The Morgan fingerprint density at radius 2 is 2.10 bits per heavy atom. The molecule has 1 aromatic heterocycles. The normalized spacial score (nSPS) is 18.5. The van der Waals surface area contributed by atoms with Gasteiger partial charge in [0.2, 0.25) is 0 Å². The Hall–Kier alpha value is -1.63. The number of aromatic nitrogens is 1. The number of carboxylic acid groups (broad SMARTS) is 1. The van der Waals surface area contributed by atoms with Crippen LogP contribution in [0.5, 0.6) is 0 Å². The smallest absolute Gasteiger partial charge is 0.355 e. The van der Waals surface area contributed by atoms with Crippen LogP contribution in [0.2, 0.25) is 0 Å². The molecule has 0 spiro atoms. The second kappa shape index (κ2) is 5.78. The van der Waals surface area contributed by atoms with Gasteiger partial charge in [-0.05, 0) is 26.7 Å². The van der Waals surface area contributed by atoms with Crippen LogP contribution in [0.4, 0.5) is 4.79 Å². The lowest BCUT2D eigenvalue weighted by atomic mass is 10.0. The van der Waals surface area contributed by atoms with Crippen LogP contribution in [-0.4, -0.2) is 27.6 Å². The highest BCUT2D eigenvalue weighted by atomic mass is 32.1. The van der Waals surface area contributed by atoms with Crippen molar-refractivity contribution in [1.82, 2.24) is 15.6 Å². The molecule has 6 nitrogen and oxygen atoms in total. The van der Waals surface area contributed by atoms with Gasteiger partial charge < -0.3 is 15.7 Å². The van der Waals surface area contributed by atoms with Crippen LogP contribution in [-0.2, 0) is 0 Å². The molecule has 1 atom stereocenters. The van der Waals surface area contributed by atoms with Crippen LogP contribution in [0.1, 0.15) is 61.1 Å². The third-order valence-electron chi connectivity index (χ3n) is 3.58. The van der Waals surface area contributed by atoms with Gasteiger partial charge in [-0.3, -0.25) is 0 Å². The Morgan fingerprint density at radius 3 is 2.65 bits per heavy atom. The van der Waals surface area contributed by atoms with Gasteiger partial charge >= 0.3 is 12.0 Å². The van der Waals surface area contributed by atoms with Gasteiger partial charge in [-0.25, -0.2) is 14.6 Å². The third-order valence-corrected chi connectivity index (χ3v) is 4.61. The van der Waals surface area contributed by atoms with E-state index in [1.54, 1.807) is 6.92 Å². The van der Waals surface area contributed by atoms with Crippen LogP contribution in [0.15, 0.2) is 5.38 Å². The van der Waals surface area contributed by atoms with Crippen LogP contribution in [0, 0.1) is 0 Å². The van der Waals surface area contributed by atoms with Gasteiger partial charge in [0.1, 0.15) is 5.01 Å². The summed E-state index contributed by atoms with van der Waals surface area (Å²) in [6.45, 7) is 3.84. The predicted molar refractivity (Wildman–Crippen MR) is 76.0 cm³/mol. The quantitative estimate of drug-likeness (QED) is 0.796. The summed E-state index contributed by atoms with van der Waals surface area (Å²) in [5.41, 5.74) is -0.111. The maximum Gasteiger partial charge on any atom is 0.355 e. The molecule has 110 valence electrons. The maximum absolute atomic E-state index is 12.0. The molecule has 0 aromatic carbocycles. The van der Waals surface area contributed by atoms with Crippen molar-refractivity contribution in [3.63, 3.8) is 0 Å². The molecule has 1 aliphatic carbocycles. The van der Waals surface area contributed by atoms with Crippen molar-refractivity contribution in [2.24, 2.45) is 0 Å². The molecular weight excluding hydrogens is 278 g/mol. The lowest BCUT2D eigenvalue weighted by Gasteiger charge is -2.26. The Morgan fingerprint density at radius 1 is 1.45 bits per heavy atom. The molecule has 7 heteroatoms. The van der Waals surface area contributed by atoms with Crippen molar-refractivity contribution in [3.05, 3.63) is 16.1 Å². The van der Waals surface area contributed by atoms with E-state index in [9.17, 15) is 9.59 Å². The zero-order valence-electron chi connectivity index (χ0n) is 11.6. The Bertz CT molecular complexity index is 509. The van der Waals surface area contributed by atoms with Gasteiger partial charge in [0.15, 0.2) is 5.69 Å². The summed E-state index contributed by atoms with van der Waals surface area (Å²) in [6.07, 6.45) is 4.27. The number of nitrogens with zero attached hydrogens (tertiary/aromatic N) is 1. The summed E-state index contributed by atoms with van der Waals surface area (Å²) >= 11 is 1.24. The third kappa shape index (κ3) is 3.47. The topological polar surface area (TPSA) is 91.3 Å². The van der Waals surface area contributed by atoms with Crippen molar-refractivity contribution < 1.29 is 14.7 Å². The van der Waals surface area contributed by atoms with Gasteiger partial charge in [0, 0.05) is 10.9 Å². The fourth-order valence-corrected chi connectivity index (χ4v) is 3.23. The van der Waals surface area contributed by atoms with Crippen molar-refractivity contribution in [2.75, 3.05) is 0 Å². The molecule has 1 aliphatic rings. The fraction of sp³-hybridized carbons (Fsp3) is 0.615. The number of carbonyl (C=O) groups excluding carboxylic acids is 1. The number of carboxylic acids is 1. The number of aromatic carboxylic acids is 1. The van der Waals surface area contributed by atoms with E-state index in [4.69, 9.17) is 5.11 Å². The molecule has 1 aromatic rings. The summed E-state index contributed by atoms with van der Waals surface area (Å²) in [5, 5.41) is 16.7.